The van der Waals surface area contributed by atoms with Crippen LogP contribution in [0.2, 0.25) is 0 Å². The van der Waals surface area contributed by atoms with Crippen LogP contribution < -0.4 is 32.3 Å². The fourth-order valence-corrected chi connectivity index (χ4v) is 9.05. The van der Waals surface area contributed by atoms with Gasteiger partial charge in [-0.2, -0.15) is 0 Å². The number of aromatic hydroxyl groups is 1. The van der Waals surface area contributed by atoms with E-state index in [0.29, 0.717) is 24.8 Å². The van der Waals surface area contributed by atoms with Crippen LogP contribution in [0, 0.1) is 35.5 Å². The van der Waals surface area contributed by atoms with Gasteiger partial charge in [0.25, 0.3) is 0 Å². The molecule has 3 aliphatic heterocycles. The number of nitrogens with two attached hydrogens (primary N) is 1. The van der Waals surface area contributed by atoms with Gasteiger partial charge in [-0.1, -0.05) is 87.3 Å². The van der Waals surface area contributed by atoms with Crippen LogP contribution in [0.1, 0.15) is 120 Å². The van der Waals surface area contributed by atoms with Gasteiger partial charge < -0.3 is 52.0 Å². The summed E-state index contributed by atoms with van der Waals surface area (Å²) in [6, 6.07) is -1.71. The monoisotopic (exact) mass is 965 g/mol. The lowest BCUT2D eigenvalue weighted by molar-refractivity contribution is -0.158. The molecule has 4 aliphatic rings. The molecule has 1 aromatic carbocycles. The van der Waals surface area contributed by atoms with Gasteiger partial charge in [0.15, 0.2) is 0 Å². The number of nitrogens with one attached hydrogen (secondary N) is 5. The second-order valence-electron chi connectivity index (χ2n) is 19.8. The van der Waals surface area contributed by atoms with Crippen LogP contribution in [-0.4, -0.2) is 123 Å². The maximum absolute atomic E-state index is 14.9. The Morgan fingerprint density at radius 2 is 1.49 bits per heavy atom. The average Bonchev–Trinajstić information content (AvgIpc) is 3.90. The van der Waals surface area contributed by atoms with E-state index in [-0.39, 0.29) is 43.8 Å². The zero-order chi connectivity index (χ0) is 51.7. The topological polar surface area (TPSA) is 276 Å². The highest BCUT2D eigenvalue weighted by molar-refractivity contribution is 5.99. The van der Waals surface area contributed by atoms with Gasteiger partial charge in [-0.3, -0.25) is 38.4 Å². The van der Waals surface area contributed by atoms with Crippen molar-refractivity contribution in [2.24, 2.45) is 41.2 Å². The molecule has 8 amide bonds. The van der Waals surface area contributed by atoms with Gasteiger partial charge in [0, 0.05) is 32.0 Å². The number of ether oxygens (including phenoxy) is 1. The molecule has 19 nitrogen and oxygen atoms in total. The molecule has 8 N–H and O–H groups in total. The molecule has 1 aromatic rings. The normalized spacial score (nSPS) is 28.6. The van der Waals surface area contributed by atoms with Gasteiger partial charge >= 0.3 is 5.97 Å². The first-order valence-corrected chi connectivity index (χ1v) is 24.5. The van der Waals surface area contributed by atoms with Gasteiger partial charge in [0.1, 0.15) is 48.1 Å². The number of amides is 8. The van der Waals surface area contributed by atoms with E-state index in [2.05, 4.69) is 26.6 Å². The molecule has 1 saturated heterocycles. The third kappa shape index (κ3) is 13.4. The number of rotatable bonds is 17. The number of nitrogens with zero attached hydrogens (tertiary/aromatic N) is 2. The minimum atomic E-state index is -1.68. The summed E-state index contributed by atoms with van der Waals surface area (Å²) in [6.45, 7) is 17.6. The fourth-order valence-electron chi connectivity index (χ4n) is 9.05. The Morgan fingerprint density at radius 3 is 2.07 bits per heavy atom. The highest BCUT2D eigenvalue weighted by Crippen LogP contribution is 2.55. The number of phenols is 1. The summed E-state index contributed by atoms with van der Waals surface area (Å²) in [6.07, 6.45) is 3.11. The van der Waals surface area contributed by atoms with Gasteiger partial charge in [-0.25, -0.2) is 4.79 Å². The molecular formula is C50H76N8O11. The van der Waals surface area contributed by atoms with Gasteiger partial charge in [0.2, 0.25) is 47.3 Å². The first-order chi connectivity index (χ1) is 32.4. The number of hydrogen-bond donors (Lipinski definition) is 7. The Kier molecular flexibility index (Phi) is 19.3. The molecule has 1 saturated carbocycles. The zero-order valence-corrected chi connectivity index (χ0v) is 42.1. The van der Waals surface area contributed by atoms with Gasteiger partial charge in [-0.05, 0) is 80.1 Å². The lowest BCUT2D eigenvalue weighted by Gasteiger charge is -2.39. The van der Waals surface area contributed by atoms with Crippen LogP contribution in [0.15, 0.2) is 36.5 Å². The Morgan fingerprint density at radius 1 is 0.855 bits per heavy atom. The Labute approximate surface area is 406 Å². The number of benzene rings is 1. The number of primary amides is 1. The van der Waals surface area contributed by atoms with Gasteiger partial charge in [0.05, 0.1) is 11.5 Å². The molecule has 3 heterocycles. The van der Waals surface area contributed by atoms with Crippen LogP contribution in [0.3, 0.4) is 0 Å². The van der Waals surface area contributed by atoms with Crippen LogP contribution in [0.5, 0.6) is 5.75 Å². The minimum Gasteiger partial charge on any atom is -0.508 e. The molecule has 1 spiro atoms. The molecule has 0 radical (unpaired) electrons. The van der Waals surface area contributed by atoms with E-state index in [0.717, 1.165) is 0 Å². The van der Waals surface area contributed by atoms with Crippen molar-refractivity contribution in [1.29, 1.82) is 0 Å². The largest absolute Gasteiger partial charge is 0.508 e. The van der Waals surface area contributed by atoms with Crippen molar-refractivity contribution in [3.8, 4) is 5.75 Å². The van der Waals surface area contributed by atoms with E-state index in [1.807, 2.05) is 34.6 Å². The first kappa shape index (κ1) is 55.6. The maximum Gasteiger partial charge on any atom is 0.329 e. The van der Waals surface area contributed by atoms with E-state index in [1.54, 1.807) is 45.9 Å². The lowest BCUT2D eigenvalue weighted by Crippen LogP contribution is -2.62. The summed E-state index contributed by atoms with van der Waals surface area (Å²) in [5.41, 5.74) is 4.80. The number of hydrogen-bond acceptors (Lipinski definition) is 11. The fraction of sp³-hybridized carbons (Fsp3) is 0.660. The molecule has 9 unspecified atom stereocenters. The molecule has 2 bridgehead atoms. The molecule has 69 heavy (non-hydrogen) atoms. The number of likely N-dealkylation sites (N-methyl/N-ethyl adjacent to an activating group) is 1. The molecule has 19 heteroatoms. The molecular weight excluding hydrogens is 889 g/mol. The Balaban J connectivity index is 1.88. The number of carbonyl (C=O) groups is 9. The van der Waals surface area contributed by atoms with Crippen molar-refractivity contribution < 1.29 is 53.0 Å². The van der Waals surface area contributed by atoms with Crippen molar-refractivity contribution in [1.82, 2.24) is 36.4 Å². The highest BCUT2D eigenvalue weighted by atomic mass is 16.5. The van der Waals surface area contributed by atoms with E-state index in [1.165, 1.54) is 42.1 Å². The quantitative estimate of drug-likeness (QED) is 0.0880. The van der Waals surface area contributed by atoms with Crippen LogP contribution in [-0.2, 0) is 54.3 Å². The second-order valence-corrected chi connectivity index (χ2v) is 19.8. The molecule has 0 aromatic heterocycles. The SMILES string of the molecule is CCC(C)C(=O)N[C@@H](CCCC(N)=O)C(=O)N[C@@H]1C(=O)NC(CC(C)C)C(=O)NC23C=CN(C(=O)C2[C@@H]3C)C(C(C)CC)C(=O)N(C)C(Cc2ccc(O)cc2)C(=O)N[C@@H](C(C)CC)C(=O)OC1C. The number of fused-ring (bicyclic) bond motifs is 15. The van der Waals surface area contributed by atoms with Crippen molar-refractivity contribution in [3.05, 3.63) is 42.1 Å². The molecule has 382 valence electrons. The van der Waals surface area contributed by atoms with Crippen molar-refractivity contribution in [3.63, 3.8) is 0 Å². The van der Waals surface area contributed by atoms with Crippen LogP contribution in [0.4, 0.5) is 0 Å². The summed E-state index contributed by atoms with van der Waals surface area (Å²) in [7, 11) is 1.46. The minimum absolute atomic E-state index is 0.0144. The van der Waals surface area contributed by atoms with E-state index >= 15 is 0 Å². The highest BCUT2D eigenvalue weighted by Gasteiger charge is 2.68. The van der Waals surface area contributed by atoms with Gasteiger partial charge in [-0.15, -0.1) is 0 Å². The summed E-state index contributed by atoms with van der Waals surface area (Å²) < 4.78 is 6.00. The molecule has 2 fully saturated rings. The maximum atomic E-state index is 14.9. The average molecular weight is 965 g/mol. The number of carbonyl (C=O) groups excluding carboxylic acids is 9. The predicted octanol–water partition coefficient (Wildman–Crippen LogP) is 2.33. The van der Waals surface area contributed by atoms with E-state index in [4.69, 9.17) is 10.5 Å². The number of esters is 1. The number of phenolic OH excluding ortho intramolecular Hbond substituents is 1. The van der Waals surface area contributed by atoms with E-state index in [9.17, 15) is 48.3 Å². The second kappa shape index (κ2) is 24.0. The molecule has 5 rings (SSSR count). The van der Waals surface area contributed by atoms with Crippen LogP contribution >= 0.6 is 0 Å². The summed E-state index contributed by atoms with van der Waals surface area (Å²) in [4.78, 5) is 130. The molecule has 13 atom stereocenters. The first-order valence-electron chi connectivity index (χ1n) is 24.5. The van der Waals surface area contributed by atoms with E-state index < -0.39 is 131 Å². The van der Waals surface area contributed by atoms with Crippen LogP contribution in [0.25, 0.3) is 0 Å². The summed E-state index contributed by atoms with van der Waals surface area (Å²) in [5.74, 6) is -8.87. The Hall–Kier alpha value is -6.01. The third-order valence-corrected chi connectivity index (χ3v) is 14.3. The summed E-state index contributed by atoms with van der Waals surface area (Å²) >= 11 is 0. The van der Waals surface area contributed by atoms with Crippen molar-refractivity contribution in [2.75, 3.05) is 7.05 Å². The standard InChI is InChI=1S/C50H76N8O11/c1-12-27(6)39-49(68)69-31(10)40(55-43(62)34(16-15-17-37(51)60)52-42(61)29(8)14-3)46(65)53-35(24-26(4)5)44(63)56-50-22-23-58(47(66)38(50)30(50)9)41(28(7)13-2)48(67)57(11)36(45(64)54-39)25-32-18-20-33(59)21-19-32/h18-23,26-31,34-36,38-41,59H,12-17,24-25H2,1-11H3,(H2,51,60)(H,52,61)(H,53,65)(H,54,64)(H,55,62)(H,56,63)/t27?,28?,29?,30-,31?,34-,35?,36?,38?,39-,40-,41?,50?/m0/s1. The Bertz CT molecular complexity index is 2100. The molecule has 1 aliphatic carbocycles. The smallest absolute Gasteiger partial charge is 0.329 e. The zero-order valence-electron chi connectivity index (χ0n) is 42.1. The lowest BCUT2D eigenvalue weighted by atomic mass is 9.93. The van der Waals surface area contributed by atoms with Crippen molar-refractivity contribution in [2.45, 2.75) is 168 Å². The van der Waals surface area contributed by atoms with Crippen molar-refractivity contribution >= 4 is 53.2 Å². The summed E-state index contributed by atoms with van der Waals surface area (Å²) in [5, 5.41) is 24.0. The third-order valence-electron chi connectivity index (χ3n) is 14.3. The predicted molar refractivity (Wildman–Crippen MR) is 256 cm³/mol.